The Hall–Kier alpha value is -3.19. The van der Waals surface area contributed by atoms with E-state index in [1.807, 2.05) is 35.0 Å². The molecule has 5 nitrogen and oxygen atoms in total. The predicted octanol–water partition coefficient (Wildman–Crippen LogP) is 5.33. The number of hydrogen-bond donors (Lipinski definition) is 1. The van der Waals surface area contributed by atoms with E-state index in [-0.39, 0.29) is 5.82 Å². The summed E-state index contributed by atoms with van der Waals surface area (Å²) in [6.07, 6.45) is 2.42. The van der Waals surface area contributed by atoms with Crippen LogP contribution < -0.4 is 4.72 Å². The van der Waals surface area contributed by atoms with Gasteiger partial charge in [-0.2, -0.15) is 5.10 Å². The van der Waals surface area contributed by atoms with Crippen molar-refractivity contribution in [1.82, 2.24) is 9.78 Å². The van der Waals surface area contributed by atoms with E-state index >= 15 is 0 Å². The van der Waals surface area contributed by atoms with E-state index in [1.54, 1.807) is 18.2 Å². The Kier molecular flexibility index (Phi) is 6.02. The molecule has 0 fully saturated rings. The average Bonchev–Trinajstić information content (AvgIpc) is 3.11. The minimum atomic E-state index is -3.44. The van der Waals surface area contributed by atoms with E-state index in [0.717, 1.165) is 46.1 Å². The van der Waals surface area contributed by atoms with E-state index in [0.29, 0.717) is 18.0 Å². The van der Waals surface area contributed by atoms with Crippen molar-refractivity contribution in [3.05, 3.63) is 89.5 Å². The lowest BCUT2D eigenvalue weighted by Crippen LogP contribution is -2.12. The Morgan fingerprint density at radius 3 is 2.44 bits per heavy atom. The number of nitrogens with zero attached hydrogens (tertiary/aromatic N) is 2. The first-order valence-electron chi connectivity index (χ1n) is 10.5. The Balaban J connectivity index is 1.81. The molecule has 32 heavy (non-hydrogen) atoms. The number of hydrogen-bond acceptors (Lipinski definition) is 3. The lowest BCUT2D eigenvalue weighted by molar-refractivity contribution is 0.606. The monoisotopic (exact) mass is 451 g/mol. The first-order chi connectivity index (χ1) is 15.2. The maximum Gasteiger partial charge on any atom is 0.229 e. The number of rotatable bonds is 7. The van der Waals surface area contributed by atoms with Crippen molar-refractivity contribution in [2.45, 2.75) is 26.7 Å². The van der Waals surface area contributed by atoms with Crippen LogP contribution in [-0.4, -0.2) is 24.5 Å². The van der Waals surface area contributed by atoms with Crippen LogP contribution in [0.25, 0.3) is 16.5 Å². The van der Waals surface area contributed by atoms with Gasteiger partial charge in [-0.15, -0.1) is 0 Å². The molecule has 0 amide bonds. The average molecular weight is 452 g/mol. The van der Waals surface area contributed by atoms with Gasteiger partial charge in [0.15, 0.2) is 0 Å². The number of benzene rings is 3. The summed E-state index contributed by atoms with van der Waals surface area (Å²) < 4.78 is 41.9. The molecule has 166 valence electrons. The summed E-state index contributed by atoms with van der Waals surface area (Å²) in [5.74, 6) is 0.123. The number of sulfonamides is 1. The second kappa shape index (κ2) is 8.74. The van der Waals surface area contributed by atoms with Crippen LogP contribution in [0.5, 0.6) is 0 Å². The zero-order valence-electron chi connectivity index (χ0n) is 18.3. The Labute approximate surface area is 188 Å². The third-order valence-corrected chi connectivity index (χ3v) is 5.81. The van der Waals surface area contributed by atoms with Gasteiger partial charge in [-0.25, -0.2) is 17.5 Å². The van der Waals surface area contributed by atoms with Gasteiger partial charge < -0.3 is 0 Å². The van der Waals surface area contributed by atoms with Crippen LogP contribution in [0.1, 0.15) is 30.8 Å². The number of nitrogens with one attached hydrogen (secondary N) is 1. The van der Waals surface area contributed by atoms with Crippen molar-refractivity contribution in [1.29, 1.82) is 0 Å². The van der Waals surface area contributed by atoms with E-state index in [1.165, 1.54) is 12.1 Å². The highest BCUT2D eigenvalue weighted by molar-refractivity contribution is 7.92. The molecule has 0 radical (unpaired) electrons. The molecule has 1 aromatic heterocycles. The van der Waals surface area contributed by atoms with E-state index in [4.69, 9.17) is 5.10 Å². The molecule has 4 rings (SSSR count). The summed E-state index contributed by atoms with van der Waals surface area (Å²) in [4.78, 5) is 0. The highest BCUT2D eigenvalue weighted by Gasteiger charge is 2.16. The van der Waals surface area contributed by atoms with Gasteiger partial charge in [0.25, 0.3) is 0 Å². The van der Waals surface area contributed by atoms with Crippen molar-refractivity contribution in [3.8, 4) is 5.69 Å². The molecule has 0 aliphatic heterocycles. The van der Waals surface area contributed by atoms with E-state index in [9.17, 15) is 12.8 Å². The minimum absolute atomic E-state index is 0.293. The van der Waals surface area contributed by atoms with Crippen LogP contribution in [-0.2, 0) is 22.9 Å². The fourth-order valence-corrected chi connectivity index (χ4v) is 4.52. The minimum Gasteiger partial charge on any atom is -0.283 e. The molecule has 4 aromatic rings. The van der Waals surface area contributed by atoms with E-state index in [2.05, 4.69) is 24.6 Å². The smallest absolute Gasteiger partial charge is 0.229 e. The van der Waals surface area contributed by atoms with Crippen LogP contribution >= 0.6 is 0 Å². The normalized spacial score (nSPS) is 11.9. The first kappa shape index (κ1) is 22.0. The molecular formula is C25H26FN3O2S. The lowest BCUT2D eigenvalue weighted by atomic mass is 9.98. The molecule has 7 heteroatoms. The third kappa shape index (κ3) is 4.99. The molecule has 0 saturated heterocycles. The number of aromatic nitrogens is 2. The second-order valence-corrected chi connectivity index (χ2v) is 10.2. The van der Waals surface area contributed by atoms with Crippen LogP contribution in [0.2, 0.25) is 0 Å². The topological polar surface area (TPSA) is 64.0 Å². The zero-order chi connectivity index (χ0) is 22.9. The summed E-state index contributed by atoms with van der Waals surface area (Å²) in [5.41, 5.74) is 4.05. The molecule has 0 atom stereocenters. The molecular weight excluding hydrogens is 425 g/mol. The van der Waals surface area contributed by atoms with Crippen LogP contribution in [0, 0.1) is 11.7 Å². The first-order valence-corrected chi connectivity index (χ1v) is 12.4. The Bertz CT molecular complexity index is 1360. The number of anilines is 1. The molecule has 0 spiro atoms. The molecule has 0 bridgehead atoms. The summed E-state index contributed by atoms with van der Waals surface area (Å²) in [5, 5.41) is 6.82. The van der Waals surface area contributed by atoms with Crippen LogP contribution in [0.4, 0.5) is 10.1 Å². The molecule has 0 aliphatic rings. The number of fused-ring (bicyclic) bond motifs is 1. The van der Waals surface area contributed by atoms with Gasteiger partial charge in [-0.3, -0.25) is 4.72 Å². The van der Waals surface area contributed by atoms with Crippen molar-refractivity contribution >= 4 is 26.5 Å². The lowest BCUT2D eigenvalue weighted by Gasteiger charge is -2.13. The van der Waals surface area contributed by atoms with Crippen LogP contribution in [0.15, 0.2) is 66.7 Å². The zero-order valence-corrected chi connectivity index (χ0v) is 19.2. The van der Waals surface area contributed by atoms with Crippen molar-refractivity contribution in [3.63, 3.8) is 0 Å². The summed E-state index contributed by atoms with van der Waals surface area (Å²) in [6, 6.07) is 19.9. The summed E-state index contributed by atoms with van der Waals surface area (Å²) in [7, 11) is -3.44. The van der Waals surface area contributed by atoms with Gasteiger partial charge in [0, 0.05) is 12.1 Å². The SMILES string of the molecule is CC(C)Cc1cc(Cc2c(NS(C)(=O)=O)ccc3ccccc23)nn1-c1ccc(F)cc1. The third-order valence-electron chi connectivity index (χ3n) is 5.22. The molecule has 3 aromatic carbocycles. The molecule has 1 heterocycles. The maximum absolute atomic E-state index is 13.4. The van der Waals surface area contributed by atoms with Crippen molar-refractivity contribution in [2.75, 3.05) is 11.0 Å². The van der Waals surface area contributed by atoms with Crippen molar-refractivity contribution < 1.29 is 12.8 Å². The summed E-state index contributed by atoms with van der Waals surface area (Å²) in [6.45, 7) is 4.28. The van der Waals surface area contributed by atoms with Gasteiger partial charge in [-0.1, -0.05) is 44.2 Å². The largest absolute Gasteiger partial charge is 0.283 e. The fraction of sp³-hybridized carbons (Fsp3) is 0.240. The summed E-state index contributed by atoms with van der Waals surface area (Å²) >= 11 is 0. The standard InChI is InChI=1S/C25H26FN3O2S/c1-17(2)14-22-15-20(27-29(22)21-11-9-19(26)10-12-21)16-24-23-7-5-4-6-18(23)8-13-25(24)28-32(3,30)31/h4-13,15,17,28H,14,16H2,1-3H3. The van der Waals surface area contributed by atoms with E-state index < -0.39 is 10.0 Å². The van der Waals surface area contributed by atoms with Gasteiger partial charge in [0.2, 0.25) is 10.0 Å². The molecule has 1 N–H and O–H groups in total. The number of halogens is 1. The Morgan fingerprint density at radius 1 is 1.03 bits per heavy atom. The van der Waals surface area contributed by atoms with Gasteiger partial charge in [0.1, 0.15) is 5.82 Å². The Morgan fingerprint density at radius 2 is 1.75 bits per heavy atom. The van der Waals surface area contributed by atoms with Gasteiger partial charge >= 0.3 is 0 Å². The van der Waals surface area contributed by atoms with Crippen molar-refractivity contribution in [2.24, 2.45) is 5.92 Å². The highest BCUT2D eigenvalue weighted by Crippen LogP contribution is 2.30. The fourth-order valence-electron chi connectivity index (χ4n) is 3.93. The second-order valence-electron chi connectivity index (χ2n) is 8.48. The predicted molar refractivity (Wildman–Crippen MR) is 127 cm³/mol. The van der Waals surface area contributed by atoms with Gasteiger partial charge in [0.05, 0.1) is 23.3 Å². The van der Waals surface area contributed by atoms with Gasteiger partial charge in [-0.05, 0) is 65.1 Å². The molecule has 0 saturated carbocycles. The van der Waals surface area contributed by atoms with Crippen LogP contribution in [0.3, 0.4) is 0 Å². The maximum atomic E-state index is 13.4. The molecule has 0 aliphatic carbocycles. The molecule has 0 unspecified atom stereocenters. The highest BCUT2D eigenvalue weighted by atomic mass is 32.2. The quantitative estimate of drug-likeness (QED) is 0.413.